The highest BCUT2D eigenvalue weighted by Crippen LogP contribution is 2.15. The molecule has 114 valence electrons. The summed E-state index contributed by atoms with van der Waals surface area (Å²) in [5, 5.41) is 8.01. The van der Waals surface area contributed by atoms with E-state index in [4.69, 9.17) is 0 Å². The number of benzene rings is 1. The lowest BCUT2D eigenvalue weighted by Gasteiger charge is -2.18. The van der Waals surface area contributed by atoms with E-state index in [2.05, 4.69) is 74.1 Å². The van der Waals surface area contributed by atoms with Crippen molar-refractivity contribution in [2.45, 2.75) is 53.1 Å². The first-order valence-electron chi connectivity index (χ1n) is 7.80. The summed E-state index contributed by atoms with van der Waals surface area (Å²) in [5.74, 6) is 0. The molecular formula is C18H27N3. The zero-order chi connectivity index (χ0) is 15.4. The number of hydrogen-bond donors (Lipinski definition) is 1. The topological polar surface area (TPSA) is 29.9 Å². The second-order valence-electron chi connectivity index (χ2n) is 5.92. The quantitative estimate of drug-likeness (QED) is 0.883. The van der Waals surface area contributed by atoms with Crippen LogP contribution in [0.2, 0.25) is 0 Å². The Morgan fingerprint density at radius 3 is 2.57 bits per heavy atom. The van der Waals surface area contributed by atoms with Gasteiger partial charge in [0.05, 0.1) is 5.69 Å². The molecule has 0 fully saturated rings. The summed E-state index contributed by atoms with van der Waals surface area (Å²) in [7, 11) is 2.05. The van der Waals surface area contributed by atoms with Gasteiger partial charge in [0.1, 0.15) is 0 Å². The van der Waals surface area contributed by atoms with Crippen LogP contribution in [0.1, 0.15) is 35.0 Å². The number of rotatable bonds is 6. The average Bonchev–Trinajstić information content (AvgIpc) is 2.81. The van der Waals surface area contributed by atoms with Crippen LogP contribution < -0.4 is 5.32 Å². The molecule has 3 heteroatoms. The minimum absolute atomic E-state index is 0.437. The van der Waals surface area contributed by atoms with Crippen molar-refractivity contribution in [2.24, 2.45) is 0 Å². The standard InChI is InChI=1S/C18H27N3/c1-6-21-18(10-15(4)20-21)12-17(19-5)11-16-9-13(2)7-8-14(16)3/h7-10,17,19H,6,11-12H2,1-5H3. The van der Waals surface area contributed by atoms with Crippen molar-refractivity contribution in [2.75, 3.05) is 7.05 Å². The average molecular weight is 285 g/mol. The summed E-state index contributed by atoms with van der Waals surface area (Å²) < 4.78 is 2.11. The summed E-state index contributed by atoms with van der Waals surface area (Å²) in [6.45, 7) is 9.50. The second-order valence-corrected chi connectivity index (χ2v) is 5.92. The van der Waals surface area contributed by atoms with E-state index in [1.165, 1.54) is 22.4 Å². The maximum absolute atomic E-state index is 4.54. The molecule has 0 aliphatic heterocycles. The van der Waals surface area contributed by atoms with Crippen LogP contribution in [-0.4, -0.2) is 22.9 Å². The molecule has 1 unspecified atom stereocenters. The lowest BCUT2D eigenvalue weighted by atomic mass is 9.96. The van der Waals surface area contributed by atoms with E-state index in [9.17, 15) is 0 Å². The Morgan fingerprint density at radius 1 is 1.14 bits per heavy atom. The summed E-state index contributed by atoms with van der Waals surface area (Å²) in [4.78, 5) is 0. The minimum atomic E-state index is 0.437. The predicted molar refractivity (Wildman–Crippen MR) is 88.8 cm³/mol. The normalized spacial score (nSPS) is 12.6. The Labute approximate surface area is 128 Å². The summed E-state index contributed by atoms with van der Waals surface area (Å²) >= 11 is 0. The highest BCUT2D eigenvalue weighted by Gasteiger charge is 2.13. The Balaban J connectivity index is 2.14. The molecule has 2 aromatic rings. The first-order valence-corrected chi connectivity index (χ1v) is 7.80. The molecule has 0 aliphatic rings. The monoisotopic (exact) mass is 285 g/mol. The number of nitrogens with zero attached hydrogens (tertiary/aromatic N) is 2. The highest BCUT2D eigenvalue weighted by atomic mass is 15.3. The molecule has 0 radical (unpaired) electrons. The number of aryl methyl sites for hydroxylation is 4. The van der Waals surface area contributed by atoms with Crippen LogP contribution in [0, 0.1) is 20.8 Å². The fraction of sp³-hybridized carbons (Fsp3) is 0.500. The van der Waals surface area contributed by atoms with E-state index in [0.29, 0.717) is 6.04 Å². The van der Waals surface area contributed by atoms with Crippen LogP contribution in [0.4, 0.5) is 0 Å². The van der Waals surface area contributed by atoms with Crippen LogP contribution in [0.25, 0.3) is 0 Å². The molecule has 1 atom stereocenters. The molecule has 0 bridgehead atoms. The summed E-state index contributed by atoms with van der Waals surface area (Å²) in [6, 6.07) is 9.35. The van der Waals surface area contributed by atoms with E-state index >= 15 is 0 Å². The number of nitrogens with one attached hydrogen (secondary N) is 1. The molecule has 0 aliphatic carbocycles. The smallest absolute Gasteiger partial charge is 0.0596 e. The van der Waals surface area contributed by atoms with Gasteiger partial charge in [-0.15, -0.1) is 0 Å². The van der Waals surface area contributed by atoms with Gasteiger partial charge in [-0.05, 0) is 58.4 Å². The van der Waals surface area contributed by atoms with E-state index in [-0.39, 0.29) is 0 Å². The molecule has 0 saturated carbocycles. The first-order chi connectivity index (χ1) is 10.0. The summed E-state index contributed by atoms with van der Waals surface area (Å²) in [5.41, 5.74) is 6.57. The van der Waals surface area contributed by atoms with Gasteiger partial charge >= 0.3 is 0 Å². The SMILES string of the molecule is CCn1nc(C)cc1CC(Cc1cc(C)ccc1C)NC. The lowest BCUT2D eigenvalue weighted by molar-refractivity contribution is 0.519. The van der Waals surface area contributed by atoms with Crippen molar-refractivity contribution in [1.29, 1.82) is 0 Å². The van der Waals surface area contributed by atoms with E-state index < -0.39 is 0 Å². The van der Waals surface area contributed by atoms with Crippen molar-refractivity contribution >= 4 is 0 Å². The van der Waals surface area contributed by atoms with Crippen LogP contribution in [0.15, 0.2) is 24.3 Å². The molecule has 3 nitrogen and oxygen atoms in total. The summed E-state index contributed by atoms with van der Waals surface area (Å²) in [6.07, 6.45) is 2.07. The molecule has 1 N–H and O–H groups in total. The number of aromatic nitrogens is 2. The molecule has 0 saturated heterocycles. The van der Waals surface area contributed by atoms with Crippen molar-refractivity contribution in [3.05, 3.63) is 52.3 Å². The van der Waals surface area contributed by atoms with Gasteiger partial charge in [-0.3, -0.25) is 4.68 Å². The lowest BCUT2D eigenvalue weighted by Crippen LogP contribution is -2.31. The van der Waals surface area contributed by atoms with E-state index in [1.807, 2.05) is 0 Å². The van der Waals surface area contributed by atoms with Gasteiger partial charge in [0, 0.05) is 24.7 Å². The zero-order valence-corrected chi connectivity index (χ0v) is 13.9. The van der Waals surface area contributed by atoms with E-state index in [1.54, 1.807) is 0 Å². The van der Waals surface area contributed by atoms with Gasteiger partial charge in [0.25, 0.3) is 0 Å². The van der Waals surface area contributed by atoms with Crippen molar-refractivity contribution < 1.29 is 0 Å². The molecule has 1 aromatic heterocycles. The van der Waals surface area contributed by atoms with Crippen LogP contribution in [0.5, 0.6) is 0 Å². The molecule has 2 rings (SSSR count). The van der Waals surface area contributed by atoms with E-state index in [0.717, 1.165) is 25.1 Å². The maximum atomic E-state index is 4.54. The highest BCUT2D eigenvalue weighted by molar-refractivity contribution is 5.31. The number of hydrogen-bond acceptors (Lipinski definition) is 2. The zero-order valence-electron chi connectivity index (χ0n) is 13.9. The van der Waals surface area contributed by atoms with Crippen molar-refractivity contribution in [1.82, 2.24) is 15.1 Å². The Bertz CT molecular complexity index is 599. The van der Waals surface area contributed by atoms with Gasteiger partial charge in [0.15, 0.2) is 0 Å². The maximum Gasteiger partial charge on any atom is 0.0596 e. The Hall–Kier alpha value is -1.61. The fourth-order valence-corrected chi connectivity index (χ4v) is 2.85. The Kier molecular flexibility index (Phi) is 5.18. The minimum Gasteiger partial charge on any atom is -0.316 e. The van der Waals surface area contributed by atoms with Gasteiger partial charge in [-0.25, -0.2) is 0 Å². The Morgan fingerprint density at radius 2 is 1.90 bits per heavy atom. The molecule has 1 aromatic carbocycles. The molecule has 0 amide bonds. The van der Waals surface area contributed by atoms with Gasteiger partial charge in [-0.1, -0.05) is 23.8 Å². The van der Waals surface area contributed by atoms with Crippen LogP contribution >= 0.6 is 0 Å². The van der Waals surface area contributed by atoms with Crippen LogP contribution in [0.3, 0.4) is 0 Å². The van der Waals surface area contributed by atoms with Gasteiger partial charge in [0.2, 0.25) is 0 Å². The number of likely N-dealkylation sites (N-methyl/N-ethyl adjacent to an activating group) is 1. The third-order valence-corrected chi connectivity index (χ3v) is 4.12. The second kappa shape index (κ2) is 6.90. The molecular weight excluding hydrogens is 258 g/mol. The first kappa shape index (κ1) is 15.8. The molecule has 21 heavy (non-hydrogen) atoms. The predicted octanol–water partition coefficient (Wildman–Crippen LogP) is 3.20. The van der Waals surface area contributed by atoms with Gasteiger partial charge < -0.3 is 5.32 Å². The molecule has 0 spiro atoms. The van der Waals surface area contributed by atoms with Gasteiger partial charge in [-0.2, -0.15) is 5.10 Å². The van der Waals surface area contributed by atoms with Crippen molar-refractivity contribution in [3.8, 4) is 0 Å². The largest absolute Gasteiger partial charge is 0.316 e. The van der Waals surface area contributed by atoms with Crippen molar-refractivity contribution in [3.63, 3.8) is 0 Å². The van der Waals surface area contributed by atoms with Crippen LogP contribution in [-0.2, 0) is 19.4 Å². The molecule has 1 heterocycles. The fourth-order valence-electron chi connectivity index (χ4n) is 2.85. The third kappa shape index (κ3) is 3.94. The third-order valence-electron chi connectivity index (χ3n) is 4.12.